The molecule has 0 fully saturated rings. The van der Waals surface area contributed by atoms with Crippen LogP contribution in [0.3, 0.4) is 0 Å². The number of rotatable bonds is 6. The average molecular weight is 402 g/mol. The zero-order valence-corrected chi connectivity index (χ0v) is 17.5. The average Bonchev–Trinajstić information content (AvgIpc) is 3.19. The molecule has 3 aromatic carbocycles. The molecule has 0 N–H and O–H groups in total. The molecule has 0 spiro atoms. The molecule has 0 bridgehead atoms. The first-order chi connectivity index (χ1) is 14.1. The van der Waals surface area contributed by atoms with Crippen LogP contribution in [0.5, 0.6) is 0 Å². The Hall–Kier alpha value is -2.91. The summed E-state index contributed by atoms with van der Waals surface area (Å²) in [6.07, 6.45) is 0.919. The molecule has 0 saturated heterocycles. The van der Waals surface area contributed by atoms with E-state index < -0.39 is 0 Å². The molecule has 4 heteroatoms. The Morgan fingerprint density at radius 2 is 1.41 bits per heavy atom. The predicted octanol–water partition coefficient (Wildman–Crippen LogP) is 6.17. The van der Waals surface area contributed by atoms with E-state index in [0.717, 1.165) is 40.8 Å². The summed E-state index contributed by atoms with van der Waals surface area (Å²) < 4.78 is 2.26. The Bertz CT molecular complexity index is 1070. The lowest BCUT2D eigenvalue weighted by molar-refractivity contribution is 0.531. The Labute approximate surface area is 177 Å². The number of aryl methyl sites for hydroxylation is 1. The van der Waals surface area contributed by atoms with E-state index in [1.807, 2.05) is 36.4 Å². The summed E-state index contributed by atoms with van der Waals surface area (Å²) in [5, 5.41) is 9.99. The second kappa shape index (κ2) is 8.22. The van der Waals surface area contributed by atoms with Gasteiger partial charge in [0.25, 0.3) is 0 Å². The summed E-state index contributed by atoms with van der Waals surface area (Å²) in [6.45, 7) is 5.19. The maximum atomic E-state index is 6.11. The van der Waals surface area contributed by atoms with Gasteiger partial charge in [-0.15, -0.1) is 10.2 Å². The Balaban J connectivity index is 1.77. The molecule has 0 radical (unpaired) electrons. The zero-order valence-electron chi connectivity index (χ0n) is 16.7. The van der Waals surface area contributed by atoms with Crippen LogP contribution in [0.15, 0.2) is 84.9 Å². The first kappa shape index (κ1) is 19.4. The van der Waals surface area contributed by atoms with Gasteiger partial charge in [0.1, 0.15) is 5.82 Å². The lowest BCUT2D eigenvalue weighted by Crippen LogP contribution is -2.25. The van der Waals surface area contributed by atoms with Gasteiger partial charge in [-0.1, -0.05) is 84.4 Å². The molecule has 0 unspecified atom stereocenters. The van der Waals surface area contributed by atoms with E-state index in [1.54, 1.807) is 0 Å². The van der Waals surface area contributed by atoms with E-state index in [1.165, 1.54) is 5.56 Å². The van der Waals surface area contributed by atoms with E-state index in [9.17, 15) is 0 Å². The predicted molar refractivity (Wildman–Crippen MR) is 119 cm³/mol. The fourth-order valence-electron chi connectivity index (χ4n) is 3.66. The smallest absolute Gasteiger partial charge is 0.163 e. The molecule has 0 aliphatic carbocycles. The van der Waals surface area contributed by atoms with Crippen LogP contribution in [-0.2, 0) is 18.4 Å². The van der Waals surface area contributed by atoms with Crippen LogP contribution < -0.4 is 0 Å². The molecule has 29 heavy (non-hydrogen) atoms. The van der Waals surface area contributed by atoms with Crippen LogP contribution in [-0.4, -0.2) is 14.8 Å². The number of halogens is 1. The van der Waals surface area contributed by atoms with Crippen molar-refractivity contribution in [3.63, 3.8) is 0 Å². The highest BCUT2D eigenvalue weighted by Crippen LogP contribution is 2.33. The van der Waals surface area contributed by atoms with Crippen molar-refractivity contribution in [3.05, 3.63) is 107 Å². The van der Waals surface area contributed by atoms with Crippen molar-refractivity contribution < 1.29 is 0 Å². The van der Waals surface area contributed by atoms with E-state index in [2.05, 4.69) is 77.1 Å². The van der Waals surface area contributed by atoms with Crippen LogP contribution >= 0.6 is 11.6 Å². The van der Waals surface area contributed by atoms with Gasteiger partial charge in [-0.2, -0.15) is 0 Å². The van der Waals surface area contributed by atoms with E-state index in [0.29, 0.717) is 0 Å². The molecule has 3 nitrogen and oxygen atoms in total. The van der Waals surface area contributed by atoms with Crippen LogP contribution in [0.4, 0.5) is 0 Å². The summed E-state index contributed by atoms with van der Waals surface area (Å²) in [5.41, 5.74) is 3.23. The molecule has 0 amide bonds. The number of aromatic nitrogens is 3. The molecule has 146 valence electrons. The molecule has 1 aromatic heterocycles. The SMILES string of the molecule is CC(C)(c1ccc(Cl)cc1)c1nnc(-c2ccccc2)n1CCc1ccccc1. The van der Waals surface area contributed by atoms with Gasteiger partial charge in [-0.25, -0.2) is 0 Å². The first-order valence-electron chi connectivity index (χ1n) is 9.85. The highest BCUT2D eigenvalue weighted by atomic mass is 35.5. The van der Waals surface area contributed by atoms with Crippen molar-refractivity contribution in [3.8, 4) is 11.4 Å². The second-order valence-corrected chi connectivity index (χ2v) is 8.17. The van der Waals surface area contributed by atoms with Gasteiger partial charge in [-0.05, 0) is 43.5 Å². The minimum absolute atomic E-state index is 0.304. The Morgan fingerprint density at radius 1 is 0.793 bits per heavy atom. The number of hydrogen-bond acceptors (Lipinski definition) is 2. The largest absolute Gasteiger partial charge is 0.310 e. The lowest BCUT2D eigenvalue weighted by atomic mass is 9.83. The van der Waals surface area contributed by atoms with Crippen molar-refractivity contribution in [2.24, 2.45) is 0 Å². The quantitative estimate of drug-likeness (QED) is 0.387. The highest BCUT2D eigenvalue weighted by molar-refractivity contribution is 6.30. The first-order valence-corrected chi connectivity index (χ1v) is 10.2. The maximum Gasteiger partial charge on any atom is 0.163 e. The van der Waals surface area contributed by atoms with Gasteiger partial charge < -0.3 is 4.57 Å². The fraction of sp³-hybridized carbons (Fsp3) is 0.200. The summed E-state index contributed by atoms with van der Waals surface area (Å²) in [4.78, 5) is 0. The Morgan fingerprint density at radius 3 is 2.07 bits per heavy atom. The summed E-state index contributed by atoms with van der Waals surface area (Å²) >= 11 is 6.11. The molecular weight excluding hydrogens is 378 g/mol. The summed E-state index contributed by atoms with van der Waals surface area (Å²) in [5.74, 6) is 1.85. The molecule has 0 aliphatic heterocycles. The van der Waals surface area contributed by atoms with Gasteiger partial charge in [0.05, 0.1) is 0 Å². The van der Waals surface area contributed by atoms with Crippen LogP contribution in [0.2, 0.25) is 5.02 Å². The normalized spacial score (nSPS) is 11.6. The Kier molecular flexibility index (Phi) is 5.50. The lowest BCUT2D eigenvalue weighted by Gasteiger charge is -2.26. The highest BCUT2D eigenvalue weighted by Gasteiger charge is 2.30. The van der Waals surface area contributed by atoms with Crippen molar-refractivity contribution in [1.82, 2.24) is 14.8 Å². The van der Waals surface area contributed by atoms with Crippen molar-refractivity contribution >= 4 is 11.6 Å². The number of benzene rings is 3. The minimum Gasteiger partial charge on any atom is -0.310 e. The maximum absolute atomic E-state index is 6.11. The van der Waals surface area contributed by atoms with Crippen LogP contribution in [0, 0.1) is 0 Å². The number of hydrogen-bond donors (Lipinski definition) is 0. The monoisotopic (exact) mass is 401 g/mol. The van der Waals surface area contributed by atoms with Gasteiger partial charge in [0, 0.05) is 22.5 Å². The molecule has 0 saturated carbocycles. The van der Waals surface area contributed by atoms with Gasteiger partial charge in [-0.3, -0.25) is 0 Å². The fourth-order valence-corrected chi connectivity index (χ4v) is 3.79. The molecule has 4 aromatic rings. The van der Waals surface area contributed by atoms with E-state index in [4.69, 9.17) is 11.6 Å². The zero-order chi connectivity index (χ0) is 20.3. The molecule has 4 rings (SSSR count). The topological polar surface area (TPSA) is 30.7 Å². The third kappa shape index (κ3) is 4.10. The molecule has 0 aliphatic rings. The van der Waals surface area contributed by atoms with Crippen LogP contribution in [0.1, 0.15) is 30.8 Å². The summed E-state index contributed by atoms with van der Waals surface area (Å²) in [7, 11) is 0. The molecular formula is C25H24ClN3. The minimum atomic E-state index is -0.304. The van der Waals surface area contributed by atoms with Crippen LogP contribution in [0.25, 0.3) is 11.4 Å². The van der Waals surface area contributed by atoms with Crippen molar-refractivity contribution in [2.75, 3.05) is 0 Å². The molecule has 1 heterocycles. The van der Waals surface area contributed by atoms with E-state index >= 15 is 0 Å². The standard InChI is InChI=1S/C25H24ClN3/c1-25(2,21-13-15-22(26)16-14-21)24-28-27-23(20-11-7-4-8-12-20)29(24)18-17-19-9-5-3-6-10-19/h3-16H,17-18H2,1-2H3. The van der Waals surface area contributed by atoms with E-state index in [-0.39, 0.29) is 5.41 Å². The summed E-state index contributed by atoms with van der Waals surface area (Å²) in [6, 6.07) is 28.8. The van der Waals surface area contributed by atoms with Crippen molar-refractivity contribution in [2.45, 2.75) is 32.2 Å². The third-order valence-corrected chi connectivity index (χ3v) is 5.63. The van der Waals surface area contributed by atoms with Gasteiger partial charge in [0.15, 0.2) is 5.82 Å². The van der Waals surface area contributed by atoms with Gasteiger partial charge in [0.2, 0.25) is 0 Å². The van der Waals surface area contributed by atoms with Gasteiger partial charge >= 0.3 is 0 Å². The number of nitrogens with zero attached hydrogens (tertiary/aromatic N) is 3. The van der Waals surface area contributed by atoms with Crippen molar-refractivity contribution in [1.29, 1.82) is 0 Å². The molecule has 0 atom stereocenters. The second-order valence-electron chi connectivity index (χ2n) is 7.73. The third-order valence-electron chi connectivity index (χ3n) is 5.37.